The smallest absolute Gasteiger partial charge is 0.213 e. The Kier molecular flexibility index (Phi) is 3.52. The average molecular weight is 333 g/mol. The summed E-state index contributed by atoms with van der Waals surface area (Å²) in [5.74, 6) is 1.42. The summed E-state index contributed by atoms with van der Waals surface area (Å²) in [6.07, 6.45) is 6.67. The molecule has 2 bridgehead atoms. The number of hydrogen-bond acceptors (Lipinski definition) is 3. The van der Waals surface area contributed by atoms with Crippen molar-refractivity contribution in [2.24, 2.45) is 5.92 Å². The van der Waals surface area contributed by atoms with Gasteiger partial charge in [0.1, 0.15) is 6.10 Å². The lowest BCUT2D eigenvalue weighted by Gasteiger charge is -2.49. The normalized spacial score (nSPS) is 28.4. The summed E-state index contributed by atoms with van der Waals surface area (Å²) in [5, 5.41) is 1.23. The highest BCUT2D eigenvalue weighted by Crippen LogP contribution is 2.34. The molecule has 0 amide bonds. The number of H-pyrrole nitrogens is 1. The Morgan fingerprint density at radius 1 is 1.08 bits per heavy atom. The van der Waals surface area contributed by atoms with Crippen molar-refractivity contribution in [1.82, 2.24) is 14.9 Å². The molecule has 4 heteroatoms. The molecule has 2 atom stereocenters. The van der Waals surface area contributed by atoms with Gasteiger partial charge in [0.05, 0.1) is 0 Å². The van der Waals surface area contributed by atoms with E-state index >= 15 is 0 Å². The van der Waals surface area contributed by atoms with E-state index < -0.39 is 0 Å². The van der Waals surface area contributed by atoms with Gasteiger partial charge in [-0.15, -0.1) is 0 Å². The summed E-state index contributed by atoms with van der Waals surface area (Å²) in [6, 6.07) is 13.1. The Bertz CT molecular complexity index is 876. The van der Waals surface area contributed by atoms with E-state index in [9.17, 15) is 0 Å². The van der Waals surface area contributed by atoms with E-state index in [0.717, 1.165) is 17.0 Å². The third-order valence-corrected chi connectivity index (χ3v) is 5.97. The Morgan fingerprint density at radius 2 is 1.92 bits per heavy atom. The molecule has 4 nitrogen and oxygen atoms in total. The molecule has 0 unspecified atom stereocenters. The van der Waals surface area contributed by atoms with Crippen LogP contribution in [0.3, 0.4) is 0 Å². The van der Waals surface area contributed by atoms with Gasteiger partial charge in [-0.25, -0.2) is 4.98 Å². The molecule has 1 N–H and O–H groups in total. The van der Waals surface area contributed by atoms with Crippen molar-refractivity contribution in [3.8, 4) is 17.0 Å². The number of hydrogen-bond donors (Lipinski definition) is 1. The first-order chi connectivity index (χ1) is 12.3. The van der Waals surface area contributed by atoms with Crippen LogP contribution in [0.2, 0.25) is 0 Å². The van der Waals surface area contributed by atoms with Crippen LogP contribution in [-0.2, 0) is 0 Å². The Morgan fingerprint density at radius 3 is 2.68 bits per heavy atom. The minimum absolute atomic E-state index is 0.274. The second-order valence-corrected chi connectivity index (χ2v) is 7.36. The maximum absolute atomic E-state index is 6.29. The van der Waals surface area contributed by atoms with Gasteiger partial charge >= 0.3 is 0 Å². The monoisotopic (exact) mass is 333 g/mol. The number of benzene rings is 1. The molecule has 0 radical (unpaired) electrons. The van der Waals surface area contributed by atoms with Gasteiger partial charge < -0.3 is 9.72 Å². The largest absolute Gasteiger partial charge is 0.472 e. The summed E-state index contributed by atoms with van der Waals surface area (Å²) >= 11 is 0. The number of nitrogens with one attached hydrogen (secondary N) is 1. The highest BCUT2D eigenvalue weighted by molar-refractivity contribution is 5.84. The minimum Gasteiger partial charge on any atom is -0.472 e. The van der Waals surface area contributed by atoms with E-state index in [1.54, 1.807) is 0 Å². The molecule has 3 aromatic rings. The first-order valence-electron chi connectivity index (χ1n) is 9.22. The lowest BCUT2D eigenvalue weighted by atomic mass is 9.81. The van der Waals surface area contributed by atoms with E-state index in [1.807, 2.05) is 18.5 Å². The predicted octanol–water partition coefficient (Wildman–Crippen LogP) is 4.09. The van der Waals surface area contributed by atoms with Gasteiger partial charge in [-0.05, 0) is 67.9 Å². The van der Waals surface area contributed by atoms with Crippen LogP contribution in [-0.4, -0.2) is 40.1 Å². The van der Waals surface area contributed by atoms with Crippen molar-refractivity contribution in [1.29, 1.82) is 0 Å². The van der Waals surface area contributed by atoms with Gasteiger partial charge in [-0.1, -0.05) is 12.1 Å². The Hall–Kier alpha value is -2.33. The standard InChI is InChI=1S/C21H23N3O/c1-14-21(16-7-10-24(14)11-8-16)25-20-5-4-18(13-23-20)17-3-2-15-6-9-22-19(15)12-17/h2-6,9,12-14,16,21-22H,7-8,10-11H2,1H3/t14-,21-/m0/s1. The minimum atomic E-state index is 0.274. The molecular weight excluding hydrogens is 310 g/mol. The zero-order valence-corrected chi connectivity index (χ0v) is 14.5. The van der Waals surface area contributed by atoms with Gasteiger partial charge in [0, 0.05) is 35.6 Å². The molecule has 3 aliphatic rings. The molecule has 5 heterocycles. The summed E-state index contributed by atoms with van der Waals surface area (Å²) in [5.41, 5.74) is 3.44. The molecule has 0 aliphatic carbocycles. The molecule has 0 saturated carbocycles. The maximum Gasteiger partial charge on any atom is 0.213 e. The molecule has 25 heavy (non-hydrogen) atoms. The molecule has 3 saturated heterocycles. The van der Waals surface area contributed by atoms with Crippen molar-refractivity contribution in [2.75, 3.05) is 13.1 Å². The SMILES string of the molecule is C[C@H]1[C@H](Oc2ccc(-c3ccc4cc[nH]c4c3)cn2)C2CCN1CC2. The lowest BCUT2D eigenvalue weighted by molar-refractivity contribution is -0.0525. The maximum atomic E-state index is 6.29. The van der Waals surface area contributed by atoms with Crippen LogP contribution in [0.15, 0.2) is 48.8 Å². The van der Waals surface area contributed by atoms with E-state index in [-0.39, 0.29) is 6.10 Å². The average Bonchev–Trinajstić information content (AvgIpc) is 3.13. The van der Waals surface area contributed by atoms with Crippen LogP contribution in [0, 0.1) is 5.92 Å². The fourth-order valence-corrected chi connectivity index (χ4v) is 4.44. The Balaban J connectivity index is 1.36. The van der Waals surface area contributed by atoms with Gasteiger partial charge in [0.2, 0.25) is 5.88 Å². The number of piperidine rings is 3. The zero-order valence-electron chi connectivity index (χ0n) is 14.5. The zero-order chi connectivity index (χ0) is 16.8. The van der Waals surface area contributed by atoms with Crippen LogP contribution in [0.5, 0.6) is 5.88 Å². The van der Waals surface area contributed by atoms with Crippen LogP contribution in [0.25, 0.3) is 22.0 Å². The summed E-state index contributed by atoms with van der Waals surface area (Å²) in [6.45, 7) is 4.73. The number of ether oxygens (including phenoxy) is 1. The number of fused-ring (bicyclic) bond motifs is 4. The molecular formula is C21H23N3O. The van der Waals surface area contributed by atoms with Crippen LogP contribution in [0.4, 0.5) is 0 Å². The fourth-order valence-electron chi connectivity index (χ4n) is 4.44. The first kappa shape index (κ1) is 15.0. The second-order valence-electron chi connectivity index (χ2n) is 7.36. The molecule has 128 valence electrons. The van der Waals surface area contributed by atoms with E-state index in [1.165, 1.54) is 36.9 Å². The van der Waals surface area contributed by atoms with E-state index in [0.29, 0.717) is 12.0 Å². The topological polar surface area (TPSA) is 41.1 Å². The molecule has 6 rings (SSSR count). The van der Waals surface area contributed by atoms with E-state index in [4.69, 9.17) is 4.74 Å². The molecule has 3 fully saturated rings. The third kappa shape index (κ3) is 2.61. The third-order valence-electron chi connectivity index (χ3n) is 5.97. The predicted molar refractivity (Wildman–Crippen MR) is 99.7 cm³/mol. The summed E-state index contributed by atoms with van der Waals surface area (Å²) < 4.78 is 6.29. The lowest BCUT2D eigenvalue weighted by Crippen LogP contribution is -2.58. The van der Waals surface area contributed by atoms with Gasteiger partial charge in [0.25, 0.3) is 0 Å². The highest BCUT2D eigenvalue weighted by atomic mass is 16.5. The Labute approximate surface area is 147 Å². The van der Waals surface area contributed by atoms with Gasteiger partial charge in [-0.2, -0.15) is 0 Å². The van der Waals surface area contributed by atoms with Crippen molar-refractivity contribution in [3.05, 3.63) is 48.8 Å². The van der Waals surface area contributed by atoms with E-state index in [2.05, 4.69) is 52.1 Å². The van der Waals surface area contributed by atoms with Gasteiger partial charge in [-0.3, -0.25) is 4.90 Å². The number of pyridine rings is 1. The van der Waals surface area contributed by atoms with Crippen molar-refractivity contribution in [3.63, 3.8) is 0 Å². The van der Waals surface area contributed by atoms with Gasteiger partial charge in [0.15, 0.2) is 0 Å². The summed E-state index contributed by atoms with van der Waals surface area (Å²) in [4.78, 5) is 10.4. The fraction of sp³-hybridized carbons (Fsp3) is 0.381. The highest BCUT2D eigenvalue weighted by Gasteiger charge is 2.41. The van der Waals surface area contributed by atoms with Crippen LogP contribution < -0.4 is 4.74 Å². The quantitative estimate of drug-likeness (QED) is 0.785. The number of nitrogens with zero attached hydrogens (tertiary/aromatic N) is 2. The van der Waals surface area contributed by atoms with Crippen LogP contribution in [0.1, 0.15) is 19.8 Å². The second kappa shape index (κ2) is 5.88. The molecule has 2 aromatic heterocycles. The number of rotatable bonds is 3. The van der Waals surface area contributed by atoms with Crippen molar-refractivity contribution < 1.29 is 4.74 Å². The molecule has 3 aliphatic heterocycles. The van der Waals surface area contributed by atoms with Crippen molar-refractivity contribution in [2.45, 2.75) is 31.9 Å². The first-order valence-corrected chi connectivity index (χ1v) is 9.22. The number of aromatic nitrogens is 2. The molecule has 1 aromatic carbocycles. The number of aromatic amines is 1. The molecule has 0 spiro atoms. The van der Waals surface area contributed by atoms with Crippen molar-refractivity contribution >= 4 is 10.9 Å². The summed E-state index contributed by atoms with van der Waals surface area (Å²) in [7, 11) is 0. The van der Waals surface area contributed by atoms with Crippen LogP contribution >= 0.6 is 0 Å².